The maximum Gasteiger partial charge on any atom is 0.0541 e. The Balaban J connectivity index is 1.51. The van der Waals surface area contributed by atoms with E-state index in [2.05, 4.69) is 140 Å². The Morgan fingerprint density at radius 2 is 1.06 bits per heavy atom. The second-order valence-electron chi connectivity index (χ2n) is 7.77. The van der Waals surface area contributed by atoms with Gasteiger partial charge < -0.3 is 4.57 Å². The monoisotopic (exact) mass is 525 g/mol. The summed E-state index contributed by atoms with van der Waals surface area (Å²) >= 11 is 7.27. The van der Waals surface area contributed by atoms with E-state index in [-0.39, 0.29) is 0 Å². The average molecular weight is 527 g/mol. The quantitative estimate of drug-likeness (QED) is 0.212. The van der Waals surface area contributed by atoms with Gasteiger partial charge in [0.15, 0.2) is 0 Å². The molecular formula is C28H17Br2N. The van der Waals surface area contributed by atoms with Crippen molar-refractivity contribution in [1.82, 2.24) is 4.57 Å². The van der Waals surface area contributed by atoms with Gasteiger partial charge in [0.2, 0.25) is 0 Å². The highest BCUT2D eigenvalue weighted by atomic mass is 79.9. The Morgan fingerprint density at radius 1 is 0.484 bits per heavy atom. The van der Waals surface area contributed by atoms with Crippen molar-refractivity contribution in [2.24, 2.45) is 0 Å². The first-order chi connectivity index (χ1) is 15.2. The van der Waals surface area contributed by atoms with Crippen LogP contribution >= 0.6 is 31.9 Å². The SMILES string of the molecule is Brc1ccc2c(c1)c1cc(Br)ccc1n2-c1ccc(-c2ccc3ccccc3c2)cc1. The molecule has 0 radical (unpaired) electrons. The number of benzene rings is 5. The number of nitrogens with zero attached hydrogens (tertiary/aromatic N) is 1. The van der Waals surface area contributed by atoms with Crippen molar-refractivity contribution in [3.63, 3.8) is 0 Å². The van der Waals surface area contributed by atoms with Gasteiger partial charge in [-0.25, -0.2) is 0 Å². The van der Waals surface area contributed by atoms with E-state index in [1.54, 1.807) is 0 Å². The molecule has 0 atom stereocenters. The number of hydrogen-bond donors (Lipinski definition) is 0. The maximum absolute atomic E-state index is 3.63. The molecule has 5 aromatic carbocycles. The summed E-state index contributed by atoms with van der Waals surface area (Å²) in [5.74, 6) is 0. The minimum absolute atomic E-state index is 1.09. The summed E-state index contributed by atoms with van der Waals surface area (Å²) in [7, 11) is 0. The predicted octanol–water partition coefficient (Wildman–Crippen LogP) is 9.13. The average Bonchev–Trinajstić information content (AvgIpc) is 3.11. The van der Waals surface area contributed by atoms with E-state index in [0.717, 1.165) is 14.6 Å². The molecule has 0 unspecified atom stereocenters. The van der Waals surface area contributed by atoms with E-state index in [9.17, 15) is 0 Å². The van der Waals surface area contributed by atoms with E-state index in [4.69, 9.17) is 0 Å². The molecule has 3 heteroatoms. The Kier molecular flexibility index (Phi) is 4.48. The largest absolute Gasteiger partial charge is 0.309 e. The normalized spacial score (nSPS) is 11.5. The van der Waals surface area contributed by atoms with Crippen LogP contribution in [0.25, 0.3) is 49.4 Å². The van der Waals surface area contributed by atoms with E-state index in [1.807, 2.05) is 0 Å². The van der Waals surface area contributed by atoms with Gasteiger partial charge in [0.05, 0.1) is 11.0 Å². The van der Waals surface area contributed by atoms with Crippen molar-refractivity contribution in [2.75, 3.05) is 0 Å². The Labute approximate surface area is 197 Å². The third kappa shape index (κ3) is 3.20. The molecular weight excluding hydrogens is 510 g/mol. The molecule has 6 rings (SSSR count). The van der Waals surface area contributed by atoms with Crippen LogP contribution in [-0.2, 0) is 0 Å². The van der Waals surface area contributed by atoms with Gasteiger partial charge in [-0.05, 0) is 76.5 Å². The standard InChI is InChI=1S/C28H17Br2N/c29-22-9-13-27-25(16-22)26-17-23(30)10-14-28(26)31(27)24-11-7-19(8-12-24)21-6-5-18-3-1-2-4-20(18)15-21/h1-17H. The number of aromatic nitrogens is 1. The second kappa shape index (κ2) is 7.37. The predicted molar refractivity (Wildman–Crippen MR) is 139 cm³/mol. The molecule has 0 saturated heterocycles. The molecule has 1 nitrogen and oxygen atoms in total. The molecule has 0 saturated carbocycles. The lowest BCUT2D eigenvalue weighted by atomic mass is 10.0. The molecule has 31 heavy (non-hydrogen) atoms. The number of halogens is 2. The van der Waals surface area contributed by atoms with Gasteiger partial charge in [0.25, 0.3) is 0 Å². The summed E-state index contributed by atoms with van der Waals surface area (Å²) < 4.78 is 4.52. The van der Waals surface area contributed by atoms with Crippen molar-refractivity contribution >= 4 is 64.4 Å². The van der Waals surface area contributed by atoms with Crippen LogP contribution in [0.1, 0.15) is 0 Å². The highest BCUT2D eigenvalue weighted by molar-refractivity contribution is 9.10. The van der Waals surface area contributed by atoms with Crippen LogP contribution in [0, 0.1) is 0 Å². The maximum atomic E-state index is 3.63. The molecule has 0 aliphatic rings. The molecule has 0 aliphatic carbocycles. The number of hydrogen-bond acceptors (Lipinski definition) is 0. The van der Waals surface area contributed by atoms with E-state index < -0.39 is 0 Å². The Bertz CT molecular complexity index is 1530. The van der Waals surface area contributed by atoms with Gasteiger partial charge in [-0.2, -0.15) is 0 Å². The van der Waals surface area contributed by atoms with Crippen molar-refractivity contribution in [2.45, 2.75) is 0 Å². The lowest BCUT2D eigenvalue weighted by Gasteiger charge is -2.10. The molecule has 0 amide bonds. The summed E-state index contributed by atoms with van der Waals surface area (Å²) in [6.07, 6.45) is 0. The van der Waals surface area contributed by atoms with E-state index in [0.29, 0.717) is 0 Å². The molecule has 1 aromatic heterocycles. The van der Waals surface area contributed by atoms with E-state index in [1.165, 1.54) is 43.7 Å². The van der Waals surface area contributed by atoms with Gasteiger partial charge in [-0.1, -0.05) is 80.4 Å². The molecule has 0 bridgehead atoms. The van der Waals surface area contributed by atoms with Gasteiger partial charge in [0, 0.05) is 25.4 Å². The zero-order valence-electron chi connectivity index (χ0n) is 16.5. The molecule has 1 heterocycles. The van der Waals surface area contributed by atoms with Crippen LogP contribution in [0.5, 0.6) is 0 Å². The summed E-state index contributed by atoms with van der Waals surface area (Å²) in [5.41, 5.74) is 6.03. The zero-order chi connectivity index (χ0) is 20.9. The highest BCUT2D eigenvalue weighted by Gasteiger charge is 2.13. The molecule has 148 valence electrons. The topological polar surface area (TPSA) is 4.93 Å². The Hall–Kier alpha value is -2.88. The van der Waals surface area contributed by atoms with Gasteiger partial charge >= 0.3 is 0 Å². The fraction of sp³-hybridized carbons (Fsp3) is 0. The van der Waals surface area contributed by atoms with Crippen LogP contribution in [-0.4, -0.2) is 4.57 Å². The summed E-state index contributed by atoms with van der Waals surface area (Å²) in [4.78, 5) is 0. The molecule has 0 fully saturated rings. The minimum atomic E-state index is 1.09. The van der Waals surface area contributed by atoms with Gasteiger partial charge in [-0.15, -0.1) is 0 Å². The van der Waals surface area contributed by atoms with Gasteiger partial charge in [0.1, 0.15) is 0 Å². The van der Waals surface area contributed by atoms with E-state index >= 15 is 0 Å². The number of rotatable bonds is 2. The molecule has 0 N–H and O–H groups in total. The first kappa shape index (κ1) is 18.9. The molecule has 6 aromatic rings. The lowest BCUT2D eigenvalue weighted by molar-refractivity contribution is 1.18. The first-order valence-electron chi connectivity index (χ1n) is 10.2. The summed E-state index contributed by atoms with van der Waals surface area (Å²) in [6.45, 7) is 0. The lowest BCUT2D eigenvalue weighted by Crippen LogP contribution is -1.93. The summed E-state index contributed by atoms with van der Waals surface area (Å²) in [5, 5.41) is 5.02. The second-order valence-corrected chi connectivity index (χ2v) is 9.60. The van der Waals surface area contributed by atoms with Crippen LogP contribution in [0.2, 0.25) is 0 Å². The summed E-state index contributed by atoms with van der Waals surface area (Å²) in [6, 6.07) is 37.0. The van der Waals surface area contributed by atoms with Crippen molar-refractivity contribution in [3.8, 4) is 16.8 Å². The fourth-order valence-corrected chi connectivity index (χ4v) is 5.14. The van der Waals surface area contributed by atoms with Crippen molar-refractivity contribution in [1.29, 1.82) is 0 Å². The van der Waals surface area contributed by atoms with Crippen molar-refractivity contribution in [3.05, 3.63) is 112 Å². The van der Waals surface area contributed by atoms with Crippen molar-refractivity contribution < 1.29 is 0 Å². The smallest absolute Gasteiger partial charge is 0.0541 e. The first-order valence-corrected chi connectivity index (χ1v) is 11.7. The van der Waals surface area contributed by atoms with Crippen LogP contribution in [0.15, 0.2) is 112 Å². The van der Waals surface area contributed by atoms with Crippen LogP contribution < -0.4 is 0 Å². The van der Waals surface area contributed by atoms with Crippen LogP contribution in [0.4, 0.5) is 0 Å². The third-order valence-corrected chi connectivity index (χ3v) is 6.88. The Morgan fingerprint density at radius 3 is 1.71 bits per heavy atom. The zero-order valence-corrected chi connectivity index (χ0v) is 19.7. The fourth-order valence-electron chi connectivity index (χ4n) is 4.42. The molecule has 0 spiro atoms. The third-order valence-electron chi connectivity index (χ3n) is 5.90. The minimum Gasteiger partial charge on any atom is -0.309 e. The van der Waals surface area contributed by atoms with Crippen LogP contribution in [0.3, 0.4) is 0 Å². The highest BCUT2D eigenvalue weighted by Crippen LogP contribution is 2.35. The number of fused-ring (bicyclic) bond motifs is 4. The molecule has 0 aliphatic heterocycles. The van der Waals surface area contributed by atoms with Gasteiger partial charge in [-0.3, -0.25) is 0 Å².